The third kappa shape index (κ3) is 4.06. The predicted octanol–water partition coefficient (Wildman–Crippen LogP) is 4.79. The van der Waals surface area contributed by atoms with Crippen LogP contribution in [0.5, 0.6) is 0 Å². The summed E-state index contributed by atoms with van der Waals surface area (Å²) in [5, 5.41) is 14.5. The average Bonchev–Trinajstić information content (AvgIpc) is 2.88. The normalized spacial score (nSPS) is 27.7. The van der Waals surface area contributed by atoms with E-state index in [2.05, 4.69) is 26.1 Å². The van der Waals surface area contributed by atoms with E-state index in [0.717, 1.165) is 11.1 Å². The molecule has 28 heavy (non-hydrogen) atoms. The number of halogens is 2. The molecule has 150 valence electrons. The van der Waals surface area contributed by atoms with Crippen molar-refractivity contribution in [1.29, 1.82) is 0 Å². The van der Waals surface area contributed by atoms with E-state index in [0.29, 0.717) is 16.5 Å². The van der Waals surface area contributed by atoms with Crippen LogP contribution in [0, 0.1) is 5.41 Å². The maximum Gasteiger partial charge on any atom is 0.321 e. The Balaban J connectivity index is 2.20. The number of benzene rings is 2. The predicted molar refractivity (Wildman–Crippen MR) is 114 cm³/mol. The summed E-state index contributed by atoms with van der Waals surface area (Å²) < 4.78 is 0. The molecule has 4 atom stereocenters. The Bertz CT molecular complexity index is 864. The Hall–Kier alpha value is -1.59. The van der Waals surface area contributed by atoms with Gasteiger partial charge in [0.2, 0.25) is 0 Å². The van der Waals surface area contributed by atoms with Crippen LogP contribution >= 0.6 is 23.2 Å². The molecule has 1 saturated heterocycles. The highest BCUT2D eigenvalue weighted by atomic mass is 35.5. The fourth-order valence-corrected chi connectivity index (χ4v) is 4.61. The van der Waals surface area contributed by atoms with Crippen molar-refractivity contribution in [2.45, 2.75) is 50.7 Å². The SMILES string of the molecule is CC(C)(C)CC1NC(C(=O)O)C(c2cccc(Cl)c2)C1(N)c1ccc(Cl)cc1. The second kappa shape index (κ2) is 7.68. The number of nitrogens with two attached hydrogens (primary N) is 1. The van der Waals surface area contributed by atoms with Gasteiger partial charge in [0.15, 0.2) is 0 Å². The van der Waals surface area contributed by atoms with Crippen LogP contribution in [0.15, 0.2) is 48.5 Å². The van der Waals surface area contributed by atoms with Crippen molar-refractivity contribution in [3.8, 4) is 0 Å². The van der Waals surface area contributed by atoms with Gasteiger partial charge in [-0.3, -0.25) is 10.1 Å². The minimum atomic E-state index is -0.939. The van der Waals surface area contributed by atoms with E-state index in [-0.39, 0.29) is 11.5 Å². The summed E-state index contributed by atoms with van der Waals surface area (Å²) in [4.78, 5) is 12.2. The van der Waals surface area contributed by atoms with Gasteiger partial charge in [0.05, 0.1) is 5.54 Å². The molecule has 6 heteroatoms. The van der Waals surface area contributed by atoms with Crippen LogP contribution in [-0.2, 0) is 10.3 Å². The molecule has 0 radical (unpaired) electrons. The van der Waals surface area contributed by atoms with Crippen LogP contribution in [0.4, 0.5) is 0 Å². The third-order valence-corrected chi connectivity index (χ3v) is 5.93. The quantitative estimate of drug-likeness (QED) is 0.664. The van der Waals surface area contributed by atoms with Gasteiger partial charge in [0.25, 0.3) is 0 Å². The lowest BCUT2D eigenvalue weighted by atomic mass is 9.69. The minimum absolute atomic E-state index is 0.0407. The Morgan fingerprint density at radius 1 is 1.14 bits per heavy atom. The van der Waals surface area contributed by atoms with E-state index < -0.39 is 23.5 Å². The lowest BCUT2D eigenvalue weighted by molar-refractivity contribution is -0.139. The molecule has 0 bridgehead atoms. The first kappa shape index (κ1) is 21.1. The number of aliphatic carboxylic acids is 1. The van der Waals surface area contributed by atoms with E-state index in [9.17, 15) is 9.90 Å². The van der Waals surface area contributed by atoms with E-state index in [4.69, 9.17) is 28.9 Å². The number of rotatable bonds is 4. The molecule has 0 spiro atoms. The number of carbonyl (C=O) groups is 1. The lowest BCUT2D eigenvalue weighted by Crippen LogP contribution is -2.51. The molecule has 0 amide bonds. The molecule has 1 fully saturated rings. The summed E-state index contributed by atoms with van der Waals surface area (Å²) >= 11 is 12.3. The second-order valence-corrected chi connectivity index (χ2v) is 9.65. The molecule has 4 N–H and O–H groups in total. The molecule has 0 saturated carbocycles. The maximum atomic E-state index is 12.2. The van der Waals surface area contributed by atoms with Crippen molar-refractivity contribution in [3.63, 3.8) is 0 Å². The zero-order valence-electron chi connectivity index (χ0n) is 16.2. The first-order valence-electron chi connectivity index (χ1n) is 9.31. The Kier molecular flexibility index (Phi) is 5.79. The highest BCUT2D eigenvalue weighted by molar-refractivity contribution is 6.30. The van der Waals surface area contributed by atoms with E-state index >= 15 is 0 Å². The maximum absolute atomic E-state index is 12.2. The molecule has 1 aliphatic rings. The van der Waals surface area contributed by atoms with Crippen molar-refractivity contribution in [2.75, 3.05) is 0 Å². The van der Waals surface area contributed by atoms with Gasteiger partial charge in [-0.05, 0) is 47.2 Å². The summed E-state index contributed by atoms with van der Waals surface area (Å²) in [6, 6.07) is 13.6. The number of hydrogen-bond donors (Lipinski definition) is 3. The Morgan fingerprint density at radius 2 is 1.79 bits per heavy atom. The second-order valence-electron chi connectivity index (χ2n) is 8.77. The van der Waals surface area contributed by atoms with Gasteiger partial charge in [-0.1, -0.05) is 68.2 Å². The number of hydrogen-bond acceptors (Lipinski definition) is 3. The summed E-state index contributed by atoms with van der Waals surface area (Å²) in [6.07, 6.45) is 0.715. The zero-order chi connectivity index (χ0) is 20.7. The third-order valence-electron chi connectivity index (χ3n) is 5.44. The van der Waals surface area contributed by atoms with Crippen molar-refractivity contribution < 1.29 is 9.90 Å². The van der Waals surface area contributed by atoms with Gasteiger partial charge in [0, 0.05) is 22.0 Å². The van der Waals surface area contributed by atoms with Gasteiger partial charge in [-0.25, -0.2) is 0 Å². The zero-order valence-corrected chi connectivity index (χ0v) is 17.8. The first-order chi connectivity index (χ1) is 13.0. The van der Waals surface area contributed by atoms with Crippen molar-refractivity contribution in [3.05, 3.63) is 69.7 Å². The smallest absolute Gasteiger partial charge is 0.321 e. The van der Waals surface area contributed by atoms with Gasteiger partial charge in [0.1, 0.15) is 6.04 Å². The molecule has 2 aromatic carbocycles. The summed E-state index contributed by atoms with van der Waals surface area (Å²) in [6.45, 7) is 6.37. The standard InChI is InChI=1S/C22H26Cl2N2O2/c1-21(2,3)12-17-22(25,14-7-9-15(23)10-8-14)18(19(26-17)20(27)28)13-5-4-6-16(24)11-13/h4-11,17-19,26H,12,25H2,1-3H3,(H,27,28). The summed E-state index contributed by atoms with van der Waals surface area (Å²) in [5.74, 6) is -1.41. The van der Waals surface area contributed by atoms with E-state index in [1.807, 2.05) is 24.3 Å². The number of nitrogens with one attached hydrogen (secondary N) is 1. The van der Waals surface area contributed by atoms with Crippen LogP contribution in [-0.4, -0.2) is 23.2 Å². The van der Waals surface area contributed by atoms with Crippen LogP contribution in [0.25, 0.3) is 0 Å². The highest BCUT2D eigenvalue weighted by Gasteiger charge is 2.57. The summed E-state index contributed by atoms with van der Waals surface area (Å²) in [7, 11) is 0. The van der Waals surface area contributed by atoms with Gasteiger partial charge >= 0.3 is 5.97 Å². The Morgan fingerprint density at radius 3 is 2.32 bits per heavy atom. The van der Waals surface area contributed by atoms with Crippen LogP contribution < -0.4 is 11.1 Å². The van der Waals surface area contributed by atoms with E-state index in [1.54, 1.807) is 24.3 Å². The molecule has 3 rings (SSSR count). The van der Waals surface area contributed by atoms with Crippen molar-refractivity contribution in [1.82, 2.24) is 5.32 Å². The monoisotopic (exact) mass is 420 g/mol. The summed E-state index contributed by atoms with van der Waals surface area (Å²) in [5.41, 5.74) is 7.81. The molecule has 1 heterocycles. The topological polar surface area (TPSA) is 75.3 Å². The van der Waals surface area contributed by atoms with Crippen LogP contribution in [0.2, 0.25) is 10.0 Å². The van der Waals surface area contributed by atoms with Gasteiger partial charge < -0.3 is 10.8 Å². The molecule has 4 nitrogen and oxygen atoms in total. The molecule has 2 aromatic rings. The Labute approximate surface area is 176 Å². The van der Waals surface area contributed by atoms with Crippen LogP contribution in [0.3, 0.4) is 0 Å². The molecule has 1 aliphatic heterocycles. The first-order valence-corrected chi connectivity index (χ1v) is 10.1. The molecular formula is C22H26Cl2N2O2. The highest BCUT2D eigenvalue weighted by Crippen LogP contribution is 2.48. The molecular weight excluding hydrogens is 395 g/mol. The van der Waals surface area contributed by atoms with Crippen molar-refractivity contribution >= 4 is 29.2 Å². The van der Waals surface area contributed by atoms with Gasteiger partial charge in [-0.15, -0.1) is 0 Å². The molecule has 0 aromatic heterocycles. The number of carboxylic acids is 1. The lowest BCUT2D eigenvalue weighted by Gasteiger charge is -2.39. The van der Waals surface area contributed by atoms with Crippen molar-refractivity contribution in [2.24, 2.45) is 11.1 Å². The number of carboxylic acid groups (broad SMARTS) is 1. The minimum Gasteiger partial charge on any atom is -0.480 e. The van der Waals surface area contributed by atoms with Crippen LogP contribution in [0.1, 0.15) is 44.2 Å². The largest absolute Gasteiger partial charge is 0.480 e. The fraction of sp³-hybridized carbons (Fsp3) is 0.409. The molecule has 0 aliphatic carbocycles. The van der Waals surface area contributed by atoms with E-state index in [1.165, 1.54) is 0 Å². The average molecular weight is 421 g/mol. The fourth-order valence-electron chi connectivity index (χ4n) is 4.29. The van der Waals surface area contributed by atoms with Gasteiger partial charge in [-0.2, -0.15) is 0 Å². The molecule has 4 unspecified atom stereocenters.